The Bertz CT molecular complexity index is 519. The van der Waals surface area contributed by atoms with Gasteiger partial charge in [0.05, 0.1) is 5.92 Å². The van der Waals surface area contributed by atoms with E-state index in [9.17, 15) is 9.59 Å². The maximum absolute atomic E-state index is 11.9. The minimum atomic E-state index is -0.886. The van der Waals surface area contributed by atoms with E-state index in [1.807, 2.05) is 0 Å². The molecule has 2 rings (SSSR count). The van der Waals surface area contributed by atoms with Gasteiger partial charge in [-0.1, -0.05) is 31.2 Å². The van der Waals surface area contributed by atoms with E-state index in [1.165, 1.54) is 16.0 Å². The van der Waals surface area contributed by atoms with Gasteiger partial charge in [-0.15, -0.1) is 0 Å². The molecule has 1 aromatic rings. The molecular formula is C17H24N2O3. The van der Waals surface area contributed by atoms with E-state index >= 15 is 0 Å². The fourth-order valence-corrected chi connectivity index (χ4v) is 2.94. The van der Waals surface area contributed by atoms with Crippen LogP contribution in [-0.4, -0.2) is 42.1 Å². The normalized spacial score (nSPS) is 15.2. The molecule has 0 bridgehead atoms. The second-order valence-electron chi connectivity index (χ2n) is 6.18. The topological polar surface area (TPSA) is 69.6 Å². The van der Waals surface area contributed by atoms with Crippen molar-refractivity contribution in [3.63, 3.8) is 0 Å². The van der Waals surface area contributed by atoms with E-state index in [0.717, 1.165) is 19.3 Å². The Balaban J connectivity index is 1.69. The van der Waals surface area contributed by atoms with Gasteiger partial charge in [0.15, 0.2) is 0 Å². The molecule has 1 aliphatic carbocycles. The number of rotatable bonds is 6. The molecule has 2 amide bonds. The summed E-state index contributed by atoms with van der Waals surface area (Å²) >= 11 is 0. The van der Waals surface area contributed by atoms with E-state index in [4.69, 9.17) is 5.11 Å². The van der Waals surface area contributed by atoms with Gasteiger partial charge in [-0.3, -0.25) is 4.79 Å². The number of hydrogen-bond donors (Lipinski definition) is 2. The van der Waals surface area contributed by atoms with Crippen LogP contribution in [0.15, 0.2) is 24.3 Å². The maximum atomic E-state index is 11.9. The standard InChI is InChI=1S/C17H24N2O3/c1-12(16(20)21)11-19(2)17(22)18-8-7-13-9-14-5-3-4-6-15(14)10-13/h3-6,12-13H,7-11H2,1-2H3,(H,18,22)(H,20,21). The highest BCUT2D eigenvalue weighted by Gasteiger charge is 2.21. The summed E-state index contributed by atoms with van der Waals surface area (Å²) in [6.07, 6.45) is 3.11. The highest BCUT2D eigenvalue weighted by atomic mass is 16.4. The van der Waals surface area contributed by atoms with Gasteiger partial charge < -0.3 is 15.3 Å². The lowest BCUT2D eigenvalue weighted by atomic mass is 10.0. The van der Waals surface area contributed by atoms with Crippen molar-refractivity contribution in [2.75, 3.05) is 20.1 Å². The molecule has 1 atom stereocenters. The Morgan fingerprint density at radius 1 is 1.32 bits per heavy atom. The third-order valence-electron chi connectivity index (χ3n) is 4.28. The molecule has 0 aromatic heterocycles. The number of fused-ring (bicyclic) bond motifs is 1. The van der Waals surface area contributed by atoms with E-state index in [-0.39, 0.29) is 12.6 Å². The first-order valence-corrected chi connectivity index (χ1v) is 7.76. The van der Waals surface area contributed by atoms with Crippen molar-refractivity contribution in [2.24, 2.45) is 11.8 Å². The quantitative estimate of drug-likeness (QED) is 0.846. The number of nitrogens with one attached hydrogen (secondary N) is 1. The van der Waals surface area contributed by atoms with E-state index in [0.29, 0.717) is 12.5 Å². The third-order valence-corrected chi connectivity index (χ3v) is 4.28. The van der Waals surface area contributed by atoms with Crippen LogP contribution in [0.3, 0.4) is 0 Å². The molecule has 5 nitrogen and oxygen atoms in total. The van der Waals surface area contributed by atoms with Crippen molar-refractivity contribution >= 4 is 12.0 Å². The minimum absolute atomic E-state index is 0.205. The monoisotopic (exact) mass is 304 g/mol. The summed E-state index contributed by atoms with van der Waals surface area (Å²) in [5, 5.41) is 11.7. The van der Waals surface area contributed by atoms with Crippen LogP contribution in [0.25, 0.3) is 0 Å². The number of aliphatic carboxylic acids is 1. The number of carbonyl (C=O) groups excluding carboxylic acids is 1. The molecule has 0 saturated carbocycles. The SMILES string of the molecule is CC(CN(C)C(=O)NCCC1Cc2ccccc2C1)C(=O)O. The van der Waals surface area contributed by atoms with Gasteiger partial charge >= 0.3 is 12.0 Å². The van der Waals surface area contributed by atoms with Crippen molar-refractivity contribution in [1.82, 2.24) is 10.2 Å². The Labute approximate surface area is 131 Å². The van der Waals surface area contributed by atoms with E-state index in [2.05, 4.69) is 29.6 Å². The van der Waals surface area contributed by atoms with Crippen LogP contribution in [0.4, 0.5) is 4.79 Å². The molecule has 2 N–H and O–H groups in total. The highest BCUT2D eigenvalue weighted by molar-refractivity contribution is 5.75. The van der Waals surface area contributed by atoms with Gasteiger partial charge in [-0.25, -0.2) is 4.79 Å². The second kappa shape index (κ2) is 7.29. The lowest BCUT2D eigenvalue weighted by molar-refractivity contribution is -0.141. The van der Waals surface area contributed by atoms with Gasteiger partial charge in [0.2, 0.25) is 0 Å². The first-order chi connectivity index (χ1) is 10.5. The zero-order valence-electron chi connectivity index (χ0n) is 13.2. The Kier molecular flexibility index (Phi) is 5.41. The Morgan fingerprint density at radius 2 is 1.91 bits per heavy atom. The van der Waals surface area contributed by atoms with Crippen molar-refractivity contribution in [1.29, 1.82) is 0 Å². The number of carboxylic acid groups (broad SMARTS) is 1. The van der Waals surface area contributed by atoms with E-state index < -0.39 is 11.9 Å². The number of carbonyl (C=O) groups is 2. The molecule has 1 aliphatic rings. The van der Waals surface area contributed by atoms with Crippen molar-refractivity contribution in [3.05, 3.63) is 35.4 Å². The summed E-state index contributed by atoms with van der Waals surface area (Å²) < 4.78 is 0. The van der Waals surface area contributed by atoms with Crippen molar-refractivity contribution in [3.8, 4) is 0 Å². The van der Waals surface area contributed by atoms with Gasteiger partial charge in [0.25, 0.3) is 0 Å². The number of hydrogen-bond acceptors (Lipinski definition) is 2. The average Bonchev–Trinajstić information content (AvgIpc) is 2.89. The number of benzene rings is 1. The molecule has 5 heteroatoms. The summed E-state index contributed by atoms with van der Waals surface area (Å²) in [6.45, 7) is 2.45. The van der Waals surface area contributed by atoms with E-state index in [1.54, 1.807) is 14.0 Å². The lowest BCUT2D eigenvalue weighted by Crippen LogP contribution is -2.41. The number of urea groups is 1. The predicted octanol–water partition coefficient (Wildman–Crippen LogP) is 2.15. The maximum Gasteiger partial charge on any atom is 0.317 e. The van der Waals surface area contributed by atoms with Crippen LogP contribution in [0.5, 0.6) is 0 Å². The Hall–Kier alpha value is -2.04. The molecule has 0 spiro atoms. The number of amides is 2. The molecule has 1 unspecified atom stereocenters. The lowest BCUT2D eigenvalue weighted by Gasteiger charge is -2.20. The van der Waals surface area contributed by atoms with Gasteiger partial charge in [-0.2, -0.15) is 0 Å². The van der Waals surface area contributed by atoms with Crippen LogP contribution in [-0.2, 0) is 17.6 Å². The Morgan fingerprint density at radius 3 is 2.45 bits per heavy atom. The summed E-state index contributed by atoms with van der Waals surface area (Å²) in [5.74, 6) is -0.857. The molecular weight excluding hydrogens is 280 g/mol. The minimum Gasteiger partial charge on any atom is -0.481 e. The third kappa shape index (κ3) is 4.23. The van der Waals surface area contributed by atoms with Gasteiger partial charge in [-0.05, 0) is 36.3 Å². The molecule has 0 saturated heterocycles. The largest absolute Gasteiger partial charge is 0.481 e. The number of nitrogens with zero attached hydrogens (tertiary/aromatic N) is 1. The van der Waals surface area contributed by atoms with Crippen molar-refractivity contribution < 1.29 is 14.7 Å². The first kappa shape index (κ1) is 16.3. The molecule has 22 heavy (non-hydrogen) atoms. The smallest absolute Gasteiger partial charge is 0.317 e. The zero-order chi connectivity index (χ0) is 16.1. The van der Waals surface area contributed by atoms with Crippen LogP contribution in [0.2, 0.25) is 0 Å². The molecule has 0 radical (unpaired) electrons. The molecule has 1 aromatic carbocycles. The van der Waals surface area contributed by atoms with Crippen molar-refractivity contribution in [2.45, 2.75) is 26.2 Å². The summed E-state index contributed by atoms with van der Waals surface area (Å²) in [7, 11) is 1.63. The first-order valence-electron chi connectivity index (χ1n) is 7.76. The highest BCUT2D eigenvalue weighted by Crippen LogP contribution is 2.28. The fraction of sp³-hybridized carbons (Fsp3) is 0.529. The average molecular weight is 304 g/mol. The molecule has 120 valence electrons. The molecule has 0 fully saturated rings. The summed E-state index contributed by atoms with van der Waals surface area (Å²) in [5.41, 5.74) is 2.84. The summed E-state index contributed by atoms with van der Waals surface area (Å²) in [6, 6.07) is 8.29. The van der Waals surface area contributed by atoms with Crippen LogP contribution in [0, 0.1) is 11.8 Å². The van der Waals surface area contributed by atoms with Crippen LogP contribution >= 0.6 is 0 Å². The van der Waals surface area contributed by atoms with Gasteiger partial charge in [0, 0.05) is 20.1 Å². The van der Waals surface area contributed by atoms with Crippen LogP contribution in [0.1, 0.15) is 24.5 Å². The fourth-order valence-electron chi connectivity index (χ4n) is 2.94. The molecule has 0 aliphatic heterocycles. The van der Waals surface area contributed by atoms with Crippen LogP contribution < -0.4 is 5.32 Å². The predicted molar refractivity (Wildman–Crippen MR) is 84.8 cm³/mol. The second-order valence-corrected chi connectivity index (χ2v) is 6.18. The summed E-state index contributed by atoms with van der Waals surface area (Å²) in [4.78, 5) is 24.1. The zero-order valence-corrected chi connectivity index (χ0v) is 13.2. The number of carboxylic acids is 1. The van der Waals surface area contributed by atoms with Gasteiger partial charge in [0.1, 0.15) is 0 Å². The molecule has 0 heterocycles.